The smallest absolute Gasteiger partial charge is 0.339 e. The molecule has 1 unspecified atom stereocenters. The Morgan fingerprint density at radius 2 is 2.12 bits per heavy atom. The number of esters is 1. The highest BCUT2D eigenvalue weighted by Crippen LogP contribution is 2.34. The lowest BCUT2D eigenvalue weighted by atomic mass is 9.85. The molecule has 2 aromatic rings. The number of aliphatic hydroxyl groups excluding tert-OH is 1. The van der Waals surface area contributed by atoms with Crippen LogP contribution in [0.15, 0.2) is 43.0 Å². The molecule has 0 amide bonds. The van der Waals surface area contributed by atoms with E-state index < -0.39 is 23.9 Å². The molecule has 0 aliphatic carbocycles. The number of rotatable bonds is 5. The molecule has 0 saturated carbocycles. The van der Waals surface area contributed by atoms with Crippen molar-refractivity contribution in [2.75, 3.05) is 26.2 Å². The summed E-state index contributed by atoms with van der Waals surface area (Å²) in [6, 6.07) is 5.97. The number of fused-ring (bicyclic) bond motifs is 3. The molecule has 5 rings (SSSR count). The van der Waals surface area contributed by atoms with Crippen LogP contribution in [-0.2, 0) is 15.1 Å². The SMILES string of the molecule is O=C(O[C@H]1CN2CCC1CC2)C(CO)(c1ccccc1F)n1ccnc1. The van der Waals surface area contributed by atoms with Gasteiger partial charge in [-0.15, -0.1) is 0 Å². The van der Waals surface area contributed by atoms with E-state index in [0.717, 1.165) is 25.9 Å². The van der Waals surface area contributed by atoms with E-state index in [4.69, 9.17) is 4.74 Å². The van der Waals surface area contributed by atoms with Gasteiger partial charge in [-0.1, -0.05) is 18.2 Å². The number of halogens is 1. The average molecular weight is 359 g/mol. The van der Waals surface area contributed by atoms with Crippen LogP contribution >= 0.6 is 0 Å². The highest BCUT2D eigenvalue weighted by atomic mass is 19.1. The monoisotopic (exact) mass is 359 g/mol. The van der Waals surface area contributed by atoms with Gasteiger partial charge in [-0.3, -0.25) is 4.90 Å². The van der Waals surface area contributed by atoms with E-state index in [9.17, 15) is 14.3 Å². The van der Waals surface area contributed by atoms with Crippen molar-refractivity contribution in [3.63, 3.8) is 0 Å². The summed E-state index contributed by atoms with van der Waals surface area (Å²) in [4.78, 5) is 19.5. The molecule has 1 N–H and O–H groups in total. The van der Waals surface area contributed by atoms with E-state index in [1.807, 2.05) is 0 Å². The van der Waals surface area contributed by atoms with Gasteiger partial charge in [0.2, 0.25) is 0 Å². The lowest BCUT2D eigenvalue weighted by molar-refractivity contribution is -0.169. The zero-order valence-corrected chi connectivity index (χ0v) is 14.4. The van der Waals surface area contributed by atoms with Gasteiger partial charge in [0.15, 0.2) is 5.54 Å². The van der Waals surface area contributed by atoms with E-state index in [-0.39, 0.29) is 11.7 Å². The van der Waals surface area contributed by atoms with Crippen molar-refractivity contribution >= 4 is 5.97 Å². The molecule has 3 aliphatic heterocycles. The molecular weight excluding hydrogens is 337 g/mol. The summed E-state index contributed by atoms with van der Waals surface area (Å²) in [5.41, 5.74) is -1.61. The molecule has 6 nitrogen and oxygen atoms in total. The van der Waals surface area contributed by atoms with Gasteiger partial charge in [-0.2, -0.15) is 0 Å². The molecule has 3 saturated heterocycles. The first-order chi connectivity index (χ1) is 12.6. The van der Waals surface area contributed by atoms with Crippen molar-refractivity contribution in [2.45, 2.75) is 24.5 Å². The molecule has 2 atom stereocenters. The third kappa shape index (κ3) is 2.71. The van der Waals surface area contributed by atoms with Gasteiger partial charge in [-0.05, 0) is 37.9 Å². The summed E-state index contributed by atoms with van der Waals surface area (Å²) in [5.74, 6) is -0.897. The summed E-state index contributed by atoms with van der Waals surface area (Å²) in [6.45, 7) is 2.13. The number of hydrogen-bond acceptors (Lipinski definition) is 5. The van der Waals surface area contributed by atoms with Crippen LogP contribution < -0.4 is 0 Å². The highest BCUT2D eigenvalue weighted by Gasteiger charge is 2.47. The Balaban J connectivity index is 1.71. The summed E-state index contributed by atoms with van der Waals surface area (Å²) in [5, 5.41) is 10.2. The molecule has 26 heavy (non-hydrogen) atoms. The number of aliphatic hydroxyl groups is 1. The minimum atomic E-state index is -1.69. The Hall–Kier alpha value is -2.25. The molecule has 1 aromatic heterocycles. The molecule has 138 valence electrons. The first-order valence-corrected chi connectivity index (χ1v) is 8.93. The molecule has 4 heterocycles. The molecule has 1 aromatic carbocycles. The lowest BCUT2D eigenvalue weighted by Gasteiger charge is -2.45. The Kier molecular flexibility index (Phi) is 4.50. The topological polar surface area (TPSA) is 67.6 Å². The maximum absolute atomic E-state index is 14.6. The Morgan fingerprint density at radius 1 is 1.35 bits per heavy atom. The summed E-state index contributed by atoms with van der Waals surface area (Å²) in [7, 11) is 0. The number of nitrogens with zero attached hydrogens (tertiary/aromatic N) is 3. The minimum Gasteiger partial charge on any atom is -0.459 e. The second kappa shape index (κ2) is 6.81. The predicted molar refractivity (Wildman–Crippen MR) is 91.8 cm³/mol. The van der Waals surface area contributed by atoms with Crippen LogP contribution in [0.2, 0.25) is 0 Å². The van der Waals surface area contributed by atoms with Gasteiger partial charge in [0, 0.05) is 24.5 Å². The first-order valence-electron chi connectivity index (χ1n) is 8.93. The van der Waals surface area contributed by atoms with Crippen LogP contribution in [0, 0.1) is 11.7 Å². The number of benzene rings is 1. The minimum absolute atomic E-state index is 0.0757. The van der Waals surface area contributed by atoms with Crippen LogP contribution in [0.1, 0.15) is 18.4 Å². The molecule has 2 bridgehead atoms. The number of piperidine rings is 3. The van der Waals surface area contributed by atoms with Gasteiger partial charge in [0.25, 0.3) is 0 Å². The normalized spacial score (nSPS) is 27.1. The number of hydrogen-bond donors (Lipinski definition) is 1. The quantitative estimate of drug-likeness (QED) is 0.818. The van der Waals surface area contributed by atoms with E-state index in [2.05, 4.69) is 9.88 Å². The summed E-state index contributed by atoms with van der Waals surface area (Å²) < 4.78 is 21.9. The Bertz CT molecular complexity index is 774. The third-order valence-corrected chi connectivity index (χ3v) is 5.69. The Labute approximate surface area is 151 Å². The molecular formula is C19H22FN3O3. The van der Waals surface area contributed by atoms with Crippen LogP contribution in [0.25, 0.3) is 0 Å². The zero-order valence-electron chi connectivity index (χ0n) is 14.4. The third-order valence-electron chi connectivity index (χ3n) is 5.69. The van der Waals surface area contributed by atoms with Gasteiger partial charge < -0.3 is 14.4 Å². The molecule has 3 aliphatic rings. The van der Waals surface area contributed by atoms with Crippen molar-refractivity contribution in [3.8, 4) is 0 Å². The fourth-order valence-corrected chi connectivity index (χ4v) is 4.15. The lowest BCUT2D eigenvalue weighted by Crippen LogP contribution is -2.55. The fourth-order valence-electron chi connectivity index (χ4n) is 4.15. The maximum atomic E-state index is 14.6. The molecule has 0 spiro atoms. The van der Waals surface area contributed by atoms with Crippen LogP contribution in [0.5, 0.6) is 0 Å². The average Bonchev–Trinajstić information content (AvgIpc) is 3.20. The molecule has 0 radical (unpaired) electrons. The number of carbonyl (C=O) groups excluding carboxylic acids is 1. The van der Waals surface area contributed by atoms with Crippen LogP contribution in [-0.4, -0.2) is 57.9 Å². The van der Waals surface area contributed by atoms with Crippen LogP contribution in [0.4, 0.5) is 4.39 Å². The van der Waals surface area contributed by atoms with E-state index in [1.54, 1.807) is 18.3 Å². The largest absolute Gasteiger partial charge is 0.459 e. The fraction of sp³-hybridized carbons (Fsp3) is 0.474. The second-order valence-corrected chi connectivity index (χ2v) is 7.05. The van der Waals surface area contributed by atoms with Gasteiger partial charge in [0.1, 0.15) is 11.9 Å². The highest BCUT2D eigenvalue weighted by molar-refractivity contribution is 5.83. The van der Waals surface area contributed by atoms with E-state index in [1.165, 1.54) is 29.2 Å². The van der Waals surface area contributed by atoms with E-state index >= 15 is 0 Å². The van der Waals surface area contributed by atoms with E-state index in [0.29, 0.717) is 12.5 Å². The standard InChI is InChI=1S/C19H22FN3O3/c20-16-4-2-1-3-15(16)19(12-24,23-10-7-21-13-23)18(25)26-17-11-22-8-5-14(17)6-9-22/h1-4,7,10,13-14,17,24H,5-6,8-9,11-12H2/t17-,19?/m0/s1. The van der Waals surface area contributed by atoms with Crippen LogP contribution in [0.3, 0.4) is 0 Å². The molecule has 7 heteroatoms. The second-order valence-electron chi connectivity index (χ2n) is 7.05. The predicted octanol–water partition coefficient (Wildman–Crippen LogP) is 1.40. The first kappa shape index (κ1) is 17.2. The number of aromatic nitrogens is 2. The number of imidazole rings is 1. The Morgan fingerprint density at radius 3 is 2.69 bits per heavy atom. The summed E-state index contributed by atoms with van der Waals surface area (Å²) >= 11 is 0. The maximum Gasteiger partial charge on any atom is 0.339 e. The number of carbonyl (C=O) groups is 1. The summed E-state index contributed by atoms with van der Waals surface area (Å²) in [6.07, 6.45) is 6.20. The van der Waals surface area contributed by atoms with Crippen molar-refractivity contribution < 1.29 is 19.0 Å². The van der Waals surface area contributed by atoms with Gasteiger partial charge in [0.05, 0.1) is 12.9 Å². The number of ether oxygens (including phenoxy) is 1. The van der Waals surface area contributed by atoms with Gasteiger partial charge in [-0.25, -0.2) is 14.2 Å². The zero-order chi connectivity index (χ0) is 18.1. The van der Waals surface area contributed by atoms with Crippen molar-refractivity contribution in [2.24, 2.45) is 5.92 Å². The molecule has 3 fully saturated rings. The van der Waals surface area contributed by atoms with Gasteiger partial charge >= 0.3 is 5.97 Å². The van der Waals surface area contributed by atoms with Crippen molar-refractivity contribution in [1.82, 2.24) is 14.5 Å². The van der Waals surface area contributed by atoms with Crippen molar-refractivity contribution in [1.29, 1.82) is 0 Å². The van der Waals surface area contributed by atoms with Crippen molar-refractivity contribution in [3.05, 3.63) is 54.4 Å².